The predicted molar refractivity (Wildman–Crippen MR) is 51.3 cm³/mol. The highest BCUT2D eigenvalue weighted by atomic mass is 16.5. The van der Waals surface area contributed by atoms with Gasteiger partial charge in [-0.15, -0.1) is 0 Å². The van der Waals surface area contributed by atoms with Gasteiger partial charge in [0.2, 0.25) is 0 Å². The van der Waals surface area contributed by atoms with Crippen LogP contribution in [-0.4, -0.2) is 24.3 Å². The van der Waals surface area contributed by atoms with Crippen LogP contribution in [0, 0.1) is 5.92 Å². The molecule has 0 aromatic rings. The third-order valence-electron chi connectivity index (χ3n) is 1.63. The highest BCUT2D eigenvalue weighted by Crippen LogP contribution is 2.07. The fraction of sp³-hybridized carbons (Fsp3) is 0.700. The van der Waals surface area contributed by atoms with E-state index in [4.69, 9.17) is 9.84 Å². The summed E-state index contributed by atoms with van der Waals surface area (Å²) in [6.07, 6.45) is 5.04. The van der Waals surface area contributed by atoms with Gasteiger partial charge in [-0.3, -0.25) is 4.79 Å². The van der Waals surface area contributed by atoms with Crippen LogP contribution >= 0.6 is 0 Å². The Morgan fingerprint density at radius 1 is 1.54 bits per heavy atom. The van der Waals surface area contributed by atoms with Crippen molar-refractivity contribution in [2.75, 3.05) is 13.2 Å². The van der Waals surface area contributed by atoms with E-state index in [2.05, 4.69) is 0 Å². The van der Waals surface area contributed by atoms with Crippen LogP contribution in [0.4, 0.5) is 0 Å². The maximum absolute atomic E-state index is 11.3. The average molecular weight is 186 g/mol. The Balaban J connectivity index is 4.06. The van der Waals surface area contributed by atoms with Crippen molar-refractivity contribution in [3.8, 4) is 0 Å². The number of rotatable bonds is 6. The molecule has 0 fully saturated rings. The van der Waals surface area contributed by atoms with Gasteiger partial charge in [-0.05, 0) is 19.8 Å². The van der Waals surface area contributed by atoms with Gasteiger partial charge in [-0.1, -0.05) is 19.1 Å². The van der Waals surface area contributed by atoms with Crippen molar-refractivity contribution >= 4 is 5.97 Å². The van der Waals surface area contributed by atoms with Gasteiger partial charge in [0, 0.05) is 6.61 Å². The van der Waals surface area contributed by atoms with E-state index in [1.807, 2.05) is 13.0 Å². The van der Waals surface area contributed by atoms with Crippen molar-refractivity contribution in [3.63, 3.8) is 0 Å². The fourth-order valence-corrected chi connectivity index (χ4v) is 0.981. The molecule has 3 heteroatoms. The number of hydrogen-bond donors (Lipinski definition) is 1. The molecule has 0 saturated heterocycles. The summed E-state index contributed by atoms with van der Waals surface area (Å²) in [6, 6.07) is 0. The first kappa shape index (κ1) is 12.2. The first-order valence-corrected chi connectivity index (χ1v) is 4.70. The van der Waals surface area contributed by atoms with Crippen molar-refractivity contribution in [2.45, 2.75) is 26.7 Å². The molecule has 0 heterocycles. The van der Waals surface area contributed by atoms with Gasteiger partial charge in [0.15, 0.2) is 0 Å². The molecule has 1 N–H and O–H groups in total. The summed E-state index contributed by atoms with van der Waals surface area (Å²) in [4.78, 5) is 11.3. The van der Waals surface area contributed by atoms with Gasteiger partial charge in [0.05, 0.1) is 12.5 Å². The molecule has 1 atom stereocenters. The average Bonchev–Trinajstić information content (AvgIpc) is 2.12. The molecule has 0 aliphatic rings. The summed E-state index contributed by atoms with van der Waals surface area (Å²) in [5.74, 6) is -0.536. The summed E-state index contributed by atoms with van der Waals surface area (Å²) in [5.41, 5.74) is 0. The molecular weight excluding hydrogens is 168 g/mol. The normalized spacial score (nSPS) is 13.2. The summed E-state index contributed by atoms with van der Waals surface area (Å²) < 4.78 is 4.85. The number of allylic oxidation sites excluding steroid dienone is 1. The van der Waals surface area contributed by atoms with Gasteiger partial charge < -0.3 is 9.84 Å². The molecule has 0 bridgehead atoms. The van der Waals surface area contributed by atoms with Crippen LogP contribution < -0.4 is 0 Å². The quantitative estimate of drug-likeness (QED) is 0.505. The van der Waals surface area contributed by atoms with Crippen molar-refractivity contribution in [3.05, 3.63) is 12.2 Å². The SMILES string of the molecule is CC/C=C\C(CCO)C(=O)OCC. The van der Waals surface area contributed by atoms with Crippen molar-refractivity contribution in [2.24, 2.45) is 5.92 Å². The molecule has 13 heavy (non-hydrogen) atoms. The predicted octanol–water partition coefficient (Wildman–Crippen LogP) is 1.51. The Kier molecular flexibility index (Phi) is 7.30. The zero-order valence-electron chi connectivity index (χ0n) is 8.32. The minimum atomic E-state index is -0.287. The second-order valence-electron chi connectivity index (χ2n) is 2.71. The largest absolute Gasteiger partial charge is 0.466 e. The second-order valence-corrected chi connectivity index (χ2v) is 2.71. The van der Waals surface area contributed by atoms with Crippen LogP contribution in [0.2, 0.25) is 0 Å². The van der Waals surface area contributed by atoms with Gasteiger partial charge in [0.1, 0.15) is 0 Å². The number of carbonyl (C=O) groups excluding carboxylic acids is 1. The lowest BCUT2D eigenvalue weighted by atomic mass is 10.1. The highest BCUT2D eigenvalue weighted by molar-refractivity contribution is 5.74. The standard InChI is InChI=1S/C10H18O3/c1-3-5-6-9(7-8-11)10(12)13-4-2/h5-6,9,11H,3-4,7-8H2,1-2H3/b6-5-. The van der Waals surface area contributed by atoms with Gasteiger partial charge in [-0.25, -0.2) is 0 Å². The molecule has 0 aromatic heterocycles. The Bertz CT molecular complexity index is 164. The number of hydrogen-bond acceptors (Lipinski definition) is 3. The number of ether oxygens (including phenoxy) is 1. The van der Waals surface area contributed by atoms with E-state index in [0.29, 0.717) is 13.0 Å². The summed E-state index contributed by atoms with van der Waals surface area (Å²) in [5, 5.41) is 8.71. The zero-order valence-corrected chi connectivity index (χ0v) is 8.32. The van der Waals surface area contributed by atoms with Crippen LogP contribution in [-0.2, 0) is 9.53 Å². The van der Waals surface area contributed by atoms with Gasteiger partial charge in [-0.2, -0.15) is 0 Å². The van der Waals surface area contributed by atoms with Crippen molar-refractivity contribution < 1.29 is 14.6 Å². The summed E-state index contributed by atoms with van der Waals surface area (Å²) >= 11 is 0. The Morgan fingerprint density at radius 3 is 2.69 bits per heavy atom. The summed E-state index contributed by atoms with van der Waals surface area (Å²) in [7, 11) is 0. The maximum Gasteiger partial charge on any atom is 0.312 e. The lowest BCUT2D eigenvalue weighted by Gasteiger charge is -2.09. The van der Waals surface area contributed by atoms with E-state index in [0.717, 1.165) is 6.42 Å². The van der Waals surface area contributed by atoms with Crippen LogP contribution in [0.5, 0.6) is 0 Å². The molecule has 3 nitrogen and oxygen atoms in total. The topological polar surface area (TPSA) is 46.5 Å². The fourth-order valence-electron chi connectivity index (χ4n) is 0.981. The monoisotopic (exact) mass is 186 g/mol. The van der Waals surface area contributed by atoms with Gasteiger partial charge in [0.25, 0.3) is 0 Å². The minimum absolute atomic E-state index is 0.0114. The number of aliphatic hydroxyl groups excluding tert-OH is 1. The van der Waals surface area contributed by atoms with E-state index >= 15 is 0 Å². The third-order valence-corrected chi connectivity index (χ3v) is 1.63. The molecule has 0 radical (unpaired) electrons. The minimum Gasteiger partial charge on any atom is -0.466 e. The van der Waals surface area contributed by atoms with Crippen LogP contribution in [0.25, 0.3) is 0 Å². The molecule has 0 saturated carbocycles. The highest BCUT2D eigenvalue weighted by Gasteiger charge is 2.14. The van der Waals surface area contributed by atoms with Gasteiger partial charge >= 0.3 is 5.97 Å². The van der Waals surface area contributed by atoms with Crippen LogP contribution in [0.15, 0.2) is 12.2 Å². The summed E-state index contributed by atoms with van der Waals surface area (Å²) in [6.45, 7) is 4.17. The molecular formula is C10H18O3. The van der Waals surface area contributed by atoms with E-state index in [-0.39, 0.29) is 18.5 Å². The molecule has 0 rings (SSSR count). The Hall–Kier alpha value is -0.830. The second kappa shape index (κ2) is 7.80. The first-order chi connectivity index (χ1) is 6.26. The lowest BCUT2D eigenvalue weighted by molar-refractivity contribution is -0.146. The molecule has 76 valence electrons. The molecule has 0 aliphatic carbocycles. The maximum atomic E-state index is 11.3. The van der Waals surface area contributed by atoms with Crippen molar-refractivity contribution in [1.82, 2.24) is 0 Å². The smallest absolute Gasteiger partial charge is 0.312 e. The van der Waals surface area contributed by atoms with Crippen LogP contribution in [0.3, 0.4) is 0 Å². The molecule has 1 unspecified atom stereocenters. The van der Waals surface area contributed by atoms with Crippen LogP contribution in [0.1, 0.15) is 26.7 Å². The first-order valence-electron chi connectivity index (χ1n) is 4.70. The lowest BCUT2D eigenvalue weighted by Crippen LogP contribution is -2.17. The Morgan fingerprint density at radius 2 is 2.23 bits per heavy atom. The Labute approximate surface area is 79.4 Å². The number of aliphatic hydroxyl groups is 1. The number of carbonyl (C=O) groups is 1. The van der Waals surface area contributed by atoms with E-state index in [9.17, 15) is 4.79 Å². The van der Waals surface area contributed by atoms with E-state index in [1.54, 1.807) is 13.0 Å². The zero-order chi connectivity index (χ0) is 10.1. The number of esters is 1. The van der Waals surface area contributed by atoms with Crippen molar-refractivity contribution in [1.29, 1.82) is 0 Å². The molecule has 0 spiro atoms. The molecule has 0 aromatic carbocycles. The van der Waals surface area contributed by atoms with E-state index in [1.165, 1.54) is 0 Å². The third kappa shape index (κ3) is 5.42. The molecule has 0 amide bonds. The molecule has 0 aliphatic heterocycles. The van der Waals surface area contributed by atoms with E-state index < -0.39 is 0 Å².